The highest BCUT2D eigenvalue weighted by Gasteiger charge is 2.51. The number of nitrogens with zero attached hydrogens (tertiary/aromatic N) is 2. The number of hydrogen-bond donors (Lipinski definition) is 1. The molecule has 0 aliphatic heterocycles. The molecule has 0 unspecified atom stereocenters. The van der Waals surface area contributed by atoms with Crippen LogP contribution in [0.5, 0.6) is 0 Å². The Hall–Kier alpha value is -3.65. The lowest BCUT2D eigenvalue weighted by Gasteiger charge is -2.57. The number of rotatable bonds is 5. The summed E-state index contributed by atoms with van der Waals surface area (Å²) < 4.78 is 16.1. The number of para-hydroxylation sites is 1. The molecule has 37 heavy (non-hydrogen) atoms. The van der Waals surface area contributed by atoms with Gasteiger partial charge in [-0.1, -0.05) is 24.3 Å². The Kier molecular flexibility index (Phi) is 5.79. The maximum atomic E-state index is 14.0. The number of halogens is 1. The van der Waals surface area contributed by atoms with E-state index in [-0.39, 0.29) is 11.3 Å². The number of nitriles is 1. The zero-order chi connectivity index (χ0) is 25.7. The normalized spacial score (nSPS) is 26.2. The summed E-state index contributed by atoms with van der Waals surface area (Å²) in [6, 6.07) is 19.0. The van der Waals surface area contributed by atoms with E-state index in [2.05, 4.69) is 34.1 Å². The second-order valence-electron chi connectivity index (χ2n) is 11.5. The number of hydrogen-bond acceptors (Lipinski definition) is 2. The van der Waals surface area contributed by atoms with Gasteiger partial charge in [-0.05, 0) is 123 Å². The predicted octanol–water partition coefficient (Wildman–Crippen LogP) is 7.25. The molecule has 1 N–H and O–H groups in total. The lowest BCUT2D eigenvalue weighted by Crippen LogP contribution is -2.48. The van der Waals surface area contributed by atoms with E-state index in [0.29, 0.717) is 5.41 Å². The third-order valence-corrected chi connectivity index (χ3v) is 9.03. The van der Waals surface area contributed by atoms with Crippen molar-refractivity contribution in [1.82, 2.24) is 4.57 Å². The van der Waals surface area contributed by atoms with Crippen LogP contribution in [-0.2, 0) is 10.2 Å². The Labute approximate surface area is 217 Å². The highest BCUT2D eigenvalue weighted by atomic mass is 19.1. The van der Waals surface area contributed by atoms with Crippen molar-refractivity contribution in [3.8, 4) is 11.8 Å². The van der Waals surface area contributed by atoms with Gasteiger partial charge in [0.15, 0.2) is 0 Å². The first-order valence-electron chi connectivity index (χ1n) is 13.3. The monoisotopic (exact) mass is 493 g/mol. The van der Waals surface area contributed by atoms with Gasteiger partial charge in [0, 0.05) is 17.1 Å². The molecule has 188 valence electrons. The second kappa shape index (κ2) is 9.03. The number of carbonyl (C=O) groups excluding carboxylic acids is 1. The van der Waals surface area contributed by atoms with Gasteiger partial charge in [-0.3, -0.25) is 4.79 Å². The Morgan fingerprint density at radius 3 is 2.24 bits per heavy atom. The van der Waals surface area contributed by atoms with Gasteiger partial charge in [-0.25, -0.2) is 4.39 Å². The summed E-state index contributed by atoms with van der Waals surface area (Å²) in [4.78, 5) is 12.7. The molecule has 4 aliphatic rings. The number of carbonyl (C=O) groups is 1. The molecule has 1 aromatic heterocycles. The van der Waals surface area contributed by atoms with Gasteiger partial charge in [0.05, 0.1) is 5.69 Å². The van der Waals surface area contributed by atoms with Gasteiger partial charge >= 0.3 is 0 Å². The van der Waals surface area contributed by atoms with Crippen molar-refractivity contribution in [2.24, 2.45) is 17.8 Å². The number of benzene rings is 2. The van der Waals surface area contributed by atoms with Crippen LogP contribution in [-0.4, -0.2) is 10.5 Å². The molecule has 5 heteroatoms. The summed E-state index contributed by atoms with van der Waals surface area (Å²) in [5.74, 6) is 1.58. The van der Waals surface area contributed by atoms with Crippen LogP contribution >= 0.6 is 0 Å². The molecule has 3 aromatic rings. The number of aromatic nitrogens is 1. The van der Waals surface area contributed by atoms with E-state index in [0.717, 1.165) is 40.4 Å². The molecular weight excluding hydrogens is 461 g/mol. The van der Waals surface area contributed by atoms with E-state index in [1.807, 2.05) is 26.0 Å². The molecular formula is C32H32FN3O. The molecule has 0 saturated heterocycles. The Morgan fingerprint density at radius 1 is 1.03 bits per heavy atom. The van der Waals surface area contributed by atoms with Crippen LogP contribution in [0.25, 0.3) is 11.8 Å². The average molecular weight is 494 g/mol. The quantitative estimate of drug-likeness (QED) is 0.301. The van der Waals surface area contributed by atoms with Crippen LogP contribution in [0.2, 0.25) is 0 Å². The van der Waals surface area contributed by atoms with Crippen molar-refractivity contribution >= 4 is 17.7 Å². The predicted molar refractivity (Wildman–Crippen MR) is 144 cm³/mol. The van der Waals surface area contributed by atoms with Gasteiger partial charge in [0.25, 0.3) is 5.91 Å². The summed E-state index contributed by atoms with van der Waals surface area (Å²) in [6.07, 6.45) is 9.95. The minimum atomic E-state index is -0.627. The fourth-order valence-electron chi connectivity index (χ4n) is 7.82. The molecule has 0 radical (unpaired) electrons. The van der Waals surface area contributed by atoms with E-state index in [4.69, 9.17) is 0 Å². The number of amides is 1. The van der Waals surface area contributed by atoms with E-state index >= 15 is 0 Å². The second-order valence-corrected chi connectivity index (χ2v) is 11.5. The zero-order valence-corrected chi connectivity index (χ0v) is 21.4. The van der Waals surface area contributed by atoms with E-state index in [9.17, 15) is 14.4 Å². The van der Waals surface area contributed by atoms with Gasteiger partial charge in [-0.15, -0.1) is 0 Å². The molecule has 0 atom stereocenters. The van der Waals surface area contributed by atoms with Crippen molar-refractivity contribution in [3.63, 3.8) is 0 Å². The van der Waals surface area contributed by atoms with Crippen LogP contribution in [0.3, 0.4) is 0 Å². The lowest BCUT2D eigenvalue weighted by molar-refractivity contribution is -0.112. The number of anilines is 1. The maximum absolute atomic E-state index is 14.0. The molecule has 7 rings (SSSR count). The zero-order valence-electron chi connectivity index (χ0n) is 21.4. The smallest absolute Gasteiger partial charge is 0.266 e. The first-order valence-corrected chi connectivity index (χ1v) is 13.3. The molecule has 4 fully saturated rings. The van der Waals surface area contributed by atoms with Crippen molar-refractivity contribution in [2.75, 3.05) is 5.32 Å². The molecule has 2 aromatic carbocycles. The van der Waals surface area contributed by atoms with Crippen molar-refractivity contribution in [2.45, 2.75) is 57.8 Å². The molecule has 4 nitrogen and oxygen atoms in total. The molecule has 4 aliphatic carbocycles. The van der Waals surface area contributed by atoms with E-state index in [1.54, 1.807) is 18.2 Å². The van der Waals surface area contributed by atoms with Gasteiger partial charge in [-0.2, -0.15) is 5.26 Å². The Bertz CT molecular complexity index is 1400. The molecule has 4 bridgehead atoms. The third-order valence-electron chi connectivity index (χ3n) is 9.03. The molecule has 1 amide bonds. The Morgan fingerprint density at radius 2 is 1.65 bits per heavy atom. The first-order chi connectivity index (χ1) is 17.8. The van der Waals surface area contributed by atoms with Crippen LogP contribution < -0.4 is 5.32 Å². The summed E-state index contributed by atoms with van der Waals surface area (Å²) in [5.41, 5.74) is 5.70. The SMILES string of the molecule is Cc1cc(/C=C(/C#N)C(=O)Nc2ccccc2F)c(C)n1-c1ccc(C23CC4CC(CC(C4)C2)C3)cc1. The fraction of sp³-hybridized carbons (Fsp3) is 0.375. The van der Waals surface area contributed by atoms with Crippen LogP contribution in [0.15, 0.2) is 60.2 Å². The average Bonchev–Trinajstić information content (AvgIpc) is 3.15. The summed E-state index contributed by atoms with van der Waals surface area (Å²) in [5, 5.41) is 12.2. The first kappa shape index (κ1) is 23.7. The van der Waals surface area contributed by atoms with Crippen molar-refractivity contribution < 1.29 is 9.18 Å². The molecule has 1 heterocycles. The van der Waals surface area contributed by atoms with Crippen molar-refractivity contribution in [3.05, 3.63) is 88.5 Å². The number of aryl methyl sites for hydroxylation is 1. The van der Waals surface area contributed by atoms with Crippen LogP contribution in [0.1, 0.15) is 61.0 Å². The highest BCUT2D eigenvalue weighted by molar-refractivity contribution is 6.09. The van der Waals surface area contributed by atoms with Crippen LogP contribution in [0.4, 0.5) is 10.1 Å². The summed E-state index contributed by atoms with van der Waals surface area (Å²) in [7, 11) is 0. The number of nitrogens with one attached hydrogen (secondary N) is 1. The summed E-state index contributed by atoms with van der Waals surface area (Å²) in [6.45, 7) is 4.03. The Balaban J connectivity index is 1.26. The fourth-order valence-corrected chi connectivity index (χ4v) is 7.82. The highest BCUT2D eigenvalue weighted by Crippen LogP contribution is 2.60. The topological polar surface area (TPSA) is 57.8 Å². The standard InChI is InChI=1S/C32H32FN3O/c1-20-11-25(15-26(19-34)31(37)35-30-6-4-3-5-29(30)33)21(2)36(20)28-9-7-27(8-10-28)32-16-22-12-23(17-32)14-24(13-22)18-32/h3-11,15,22-24H,12-14,16-18H2,1-2H3,(H,35,37)/b26-15-. The van der Waals surface area contributed by atoms with Gasteiger partial charge in [0.2, 0.25) is 0 Å². The van der Waals surface area contributed by atoms with E-state index in [1.165, 1.54) is 56.2 Å². The summed E-state index contributed by atoms with van der Waals surface area (Å²) >= 11 is 0. The van der Waals surface area contributed by atoms with E-state index < -0.39 is 11.7 Å². The van der Waals surface area contributed by atoms with Crippen molar-refractivity contribution in [1.29, 1.82) is 5.26 Å². The molecule has 4 saturated carbocycles. The third kappa shape index (κ3) is 4.19. The maximum Gasteiger partial charge on any atom is 0.266 e. The largest absolute Gasteiger partial charge is 0.319 e. The minimum absolute atomic E-state index is 0.0539. The molecule has 0 spiro atoms. The minimum Gasteiger partial charge on any atom is -0.319 e. The lowest BCUT2D eigenvalue weighted by atomic mass is 9.48. The van der Waals surface area contributed by atoms with Crippen LogP contribution in [0, 0.1) is 48.7 Å². The van der Waals surface area contributed by atoms with Gasteiger partial charge < -0.3 is 9.88 Å². The van der Waals surface area contributed by atoms with Gasteiger partial charge in [0.1, 0.15) is 17.5 Å².